The summed E-state index contributed by atoms with van der Waals surface area (Å²) in [5, 5.41) is 7.58. The van der Waals surface area contributed by atoms with Crippen molar-refractivity contribution in [2.45, 2.75) is 26.3 Å². The number of primary amides is 1. The average molecular weight is 349 g/mol. The number of amides is 1. The summed E-state index contributed by atoms with van der Waals surface area (Å²) in [7, 11) is 0. The van der Waals surface area contributed by atoms with E-state index in [4.69, 9.17) is 5.73 Å². The van der Waals surface area contributed by atoms with Crippen molar-refractivity contribution in [3.63, 3.8) is 0 Å². The summed E-state index contributed by atoms with van der Waals surface area (Å²) in [5.41, 5.74) is 8.91. The molecule has 3 aromatic rings. The molecular weight excluding hydrogens is 326 g/mol. The van der Waals surface area contributed by atoms with E-state index in [-0.39, 0.29) is 5.91 Å². The molecule has 2 heterocycles. The molecule has 1 amide bonds. The molecule has 1 aromatic carbocycles. The van der Waals surface area contributed by atoms with E-state index in [1.807, 2.05) is 36.4 Å². The van der Waals surface area contributed by atoms with E-state index < -0.39 is 6.04 Å². The monoisotopic (exact) mass is 349 g/mol. The van der Waals surface area contributed by atoms with Gasteiger partial charge in [-0.15, -0.1) is 0 Å². The normalized spacial score (nSPS) is 12.1. The number of nitrogens with one attached hydrogen (secondary N) is 2. The van der Waals surface area contributed by atoms with Gasteiger partial charge < -0.3 is 16.4 Å². The lowest BCUT2D eigenvalue weighted by Gasteiger charge is -2.19. The van der Waals surface area contributed by atoms with Crippen LogP contribution in [-0.4, -0.2) is 21.9 Å². The van der Waals surface area contributed by atoms with Gasteiger partial charge in [0.25, 0.3) is 0 Å². The minimum absolute atomic E-state index is 0.361. The first kappa shape index (κ1) is 17.7. The van der Waals surface area contributed by atoms with Gasteiger partial charge in [-0.3, -0.25) is 14.8 Å². The van der Waals surface area contributed by atoms with Crippen LogP contribution in [0.1, 0.15) is 20.3 Å². The highest BCUT2D eigenvalue weighted by molar-refractivity contribution is 5.84. The number of hydrogen-bond acceptors (Lipinski definition) is 5. The fraction of sp³-hybridized carbons (Fsp3) is 0.250. The van der Waals surface area contributed by atoms with Crippen molar-refractivity contribution >= 4 is 33.9 Å². The van der Waals surface area contributed by atoms with Gasteiger partial charge in [-0.05, 0) is 36.6 Å². The molecule has 26 heavy (non-hydrogen) atoms. The number of pyridine rings is 2. The predicted octanol–water partition coefficient (Wildman–Crippen LogP) is 3.69. The Kier molecular flexibility index (Phi) is 5.31. The topological polar surface area (TPSA) is 92.9 Å². The van der Waals surface area contributed by atoms with Crippen LogP contribution >= 0.6 is 0 Å². The van der Waals surface area contributed by atoms with Crippen molar-refractivity contribution in [3.05, 3.63) is 55.0 Å². The van der Waals surface area contributed by atoms with Crippen LogP contribution in [0.5, 0.6) is 0 Å². The van der Waals surface area contributed by atoms with Crippen LogP contribution in [-0.2, 0) is 4.79 Å². The molecule has 0 radical (unpaired) electrons. The van der Waals surface area contributed by atoms with Crippen molar-refractivity contribution < 1.29 is 4.79 Å². The number of hydrogen-bond donors (Lipinski definition) is 3. The van der Waals surface area contributed by atoms with Crippen molar-refractivity contribution in [2.24, 2.45) is 11.7 Å². The van der Waals surface area contributed by atoms with Gasteiger partial charge in [0.2, 0.25) is 5.91 Å². The molecule has 134 valence electrons. The summed E-state index contributed by atoms with van der Waals surface area (Å²) in [6.07, 6.45) is 5.86. The number of benzene rings is 1. The van der Waals surface area contributed by atoms with Gasteiger partial charge in [-0.25, -0.2) is 0 Å². The van der Waals surface area contributed by atoms with E-state index in [1.54, 1.807) is 18.6 Å². The second-order valence-corrected chi connectivity index (χ2v) is 6.73. The molecule has 0 saturated carbocycles. The van der Waals surface area contributed by atoms with Gasteiger partial charge >= 0.3 is 0 Å². The largest absolute Gasteiger partial charge is 0.372 e. The van der Waals surface area contributed by atoms with E-state index in [9.17, 15) is 4.79 Å². The van der Waals surface area contributed by atoms with Crippen LogP contribution in [0.25, 0.3) is 10.9 Å². The van der Waals surface area contributed by atoms with Crippen LogP contribution in [0.15, 0.2) is 55.0 Å². The Morgan fingerprint density at radius 1 is 1.12 bits per heavy atom. The quantitative estimate of drug-likeness (QED) is 0.605. The van der Waals surface area contributed by atoms with Crippen molar-refractivity contribution in [1.82, 2.24) is 9.97 Å². The number of nitrogens with two attached hydrogens (primary N) is 1. The first-order chi connectivity index (χ1) is 12.5. The molecule has 0 spiro atoms. The van der Waals surface area contributed by atoms with Crippen molar-refractivity contribution in [2.75, 3.05) is 10.6 Å². The molecule has 0 saturated heterocycles. The number of anilines is 3. The Balaban J connectivity index is 1.76. The fourth-order valence-electron chi connectivity index (χ4n) is 2.82. The summed E-state index contributed by atoms with van der Waals surface area (Å²) in [4.78, 5) is 20.3. The predicted molar refractivity (Wildman–Crippen MR) is 105 cm³/mol. The second-order valence-electron chi connectivity index (χ2n) is 6.73. The highest BCUT2D eigenvalue weighted by atomic mass is 16.1. The molecule has 0 bridgehead atoms. The standard InChI is InChI=1S/C20H23N5O/c1-13(2)8-19(20(21)26)25-17-9-16(11-22-12-17)24-15-6-5-14-4-3-7-23-18(14)10-15/h3-7,9-13,19,24-25H,8H2,1-2H3,(H2,21,26)/t19-/m1/s1. The third-order valence-electron chi connectivity index (χ3n) is 4.02. The van der Waals surface area contributed by atoms with Gasteiger partial charge in [0.15, 0.2) is 0 Å². The Morgan fingerprint density at radius 3 is 2.69 bits per heavy atom. The number of aromatic nitrogens is 2. The molecule has 3 rings (SSSR count). The maximum Gasteiger partial charge on any atom is 0.239 e. The zero-order valence-corrected chi connectivity index (χ0v) is 14.9. The van der Waals surface area contributed by atoms with Gasteiger partial charge in [-0.2, -0.15) is 0 Å². The summed E-state index contributed by atoms with van der Waals surface area (Å²) in [6, 6.07) is 11.4. The van der Waals surface area contributed by atoms with E-state index in [0.29, 0.717) is 12.3 Å². The van der Waals surface area contributed by atoms with Crippen LogP contribution < -0.4 is 16.4 Å². The van der Waals surface area contributed by atoms with E-state index in [1.165, 1.54) is 0 Å². The first-order valence-corrected chi connectivity index (χ1v) is 8.64. The maximum absolute atomic E-state index is 11.7. The van der Waals surface area contributed by atoms with Gasteiger partial charge in [0.1, 0.15) is 6.04 Å². The van der Waals surface area contributed by atoms with Crippen LogP contribution in [0.2, 0.25) is 0 Å². The number of rotatable bonds is 7. The van der Waals surface area contributed by atoms with Crippen LogP contribution in [0, 0.1) is 5.92 Å². The van der Waals surface area contributed by atoms with E-state index >= 15 is 0 Å². The number of carbonyl (C=O) groups is 1. The van der Waals surface area contributed by atoms with Crippen LogP contribution in [0.4, 0.5) is 17.1 Å². The molecule has 2 aromatic heterocycles. The van der Waals surface area contributed by atoms with Crippen LogP contribution in [0.3, 0.4) is 0 Å². The van der Waals surface area contributed by atoms with Gasteiger partial charge in [0, 0.05) is 17.3 Å². The van der Waals surface area contributed by atoms with E-state index in [0.717, 1.165) is 28.0 Å². The SMILES string of the molecule is CC(C)C[C@@H](Nc1cncc(Nc2ccc3cccnc3c2)c1)C(N)=O. The minimum atomic E-state index is -0.420. The molecule has 1 atom stereocenters. The molecule has 6 nitrogen and oxygen atoms in total. The molecule has 0 unspecified atom stereocenters. The minimum Gasteiger partial charge on any atom is -0.372 e. The number of carbonyl (C=O) groups excluding carboxylic acids is 1. The zero-order valence-electron chi connectivity index (χ0n) is 14.9. The number of nitrogens with zero attached hydrogens (tertiary/aromatic N) is 2. The third kappa shape index (κ3) is 4.47. The Hall–Kier alpha value is -3.15. The average Bonchev–Trinajstić information content (AvgIpc) is 2.61. The highest BCUT2D eigenvalue weighted by Crippen LogP contribution is 2.23. The summed E-state index contributed by atoms with van der Waals surface area (Å²) in [6.45, 7) is 4.11. The lowest BCUT2D eigenvalue weighted by molar-refractivity contribution is -0.119. The lowest BCUT2D eigenvalue weighted by Crippen LogP contribution is -2.36. The summed E-state index contributed by atoms with van der Waals surface area (Å²) >= 11 is 0. The Bertz CT molecular complexity index is 909. The van der Waals surface area contributed by atoms with E-state index in [2.05, 4.69) is 34.4 Å². The highest BCUT2D eigenvalue weighted by Gasteiger charge is 2.16. The molecule has 0 aliphatic rings. The van der Waals surface area contributed by atoms with Gasteiger partial charge in [0.05, 0.1) is 29.3 Å². The Morgan fingerprint density at radius 2 is 1.92 bits per heavy atom. The molecule has 0 fully saturated rings. The Labute approximate surface area is 152 Å². The van der Waals surface area contributed by atoms with Gasteiger partial charge in [-0.1, -0.05) is 26.0 Å². The van der Waals surface area contributed by atoms with Crippen molar-refractivity contribution in [1.29, 1.82) is 0 Å². The molecule has 4 N–H and O–H groups in total. The van der Waals surface area contributed by atoms with Crippen molar-refractivity contribution in [3.8, 4) is 0 Å². The molecule has 0 aliphatic carbocycles. The molecular formula is C20H23N5O. The zero-order chi connectivity index (χ0) is 18.5. The fourth-order valence-corrected chi connectivity index (χ4v) is 2.82. The summed E-state index contributed by atoms with van der Waals surface area (Å²) < 4.78 is 0. The smallest absolute Gasteiger partial charge is 0.239 e. The first-order valence-electron chi connectivity index (χ1n) is 8.64. The summed E-state index contributed by atoms with van der Waals surface area (Å²) in [5.74, 6) is -0.00275. The maximum atomic E-state index is 11.7. The third-order valence-corrected chi connectivity index (χ3v) is 4.02. The molecule has 0 aliphatic heterocycles. The lowest BCUT2D eigenvalue weighted by atomic mass is 10.0. The second kappa shape index (κ2) is 7.82. The molecule has 6 heteroatoms. The number of fused-ring (bicyclic) bond motifs is 1.